The maximum Gasteiger partial charge on any atom is 0.195 e. The first kappa shape index (κ1) is 18.8. The van der Waals surface area contributed by atoms with Gasteiger partial charge in [0.2, 0.25) is 0 Å². The third kappa shape index (κ3) is 3.62. The van der Waals surface area contributed by atoms with Crippen LogP contribution in [0.3, 0.4) is 0 Å². The Labute approximate surface area is 129 Å². The van der Waals surface area contributed by atoms with E-state index in [0.29, 0.717) is 0 Å². The van der Waals surface area contributed by atoms with Gasteiger partial charge in [0.25, 0.3) is 0 Å². The zero-order chi connectivity index (χ0) is 17.3. The zero-order valence-corrected chi connectivity index (χ0v) is 11.9. The highest BCUT2D eigenvalue weighted by Gasteiger charge is 2.50. The molecule has 2 heterocycles. The van der Waals surface area contributed by atoms with E-state index in [4.69, 9.17) is 24.4 Å². The molecule has 9 nitrogen and oxygen atoms in total. The molecular weight excluding hydrogens is 326 g/mol. The van der Waals surface area contributed by atoms with Gasteiger partial charge in [-0.25, -0.2) is 8.78 Å². The third-order valence-electron chi connectivity index (χ3n) is 3.88. The molecule has 11 heteroatoms. The van der Waals surface area contributed by atoms with E-state index in [1.165, 1.54) is 0 Å². The van der Waals surface area contributed by atoms with E-state index in [2.05, 4.69) is 0 Å². The summed E-state index contributed by atoms with van der Waals surface area (Å²) < 4.78 is 42.6. The maximum absolute atomic E-state index is 14.0. The zero-order valence-electron chi connectivity index (χ0n) is 11.9. The highest BCUT2D eigenvalue weighted by molar-refractivity contribution is 4.92. The molecule has 6 N–H and O–H groups in total. The van der Waals surface area contributed by atoms with E-state index in [9.17, 15) is 29.2 Å². The number of rotatable bonds is 4. The summed E-state index contributed by atoms with van der Waals surface area (Å²) >= 11 is 0. The van der Waals surface area contributed by atoms with Crippen LogP contribution in [0.15, 0.2) is 0 Å². The van der Waals surface area contributed by atoms with Crippen molar-refractivity contribution in [1.82, 2.24) is 0 Å². The molecule has 2 saturated heterocycles. The van der Waals surface area contributed by atoms with E-state index in [1.54, 1.807) is 0 Å². The minimum absolute atomic E-state index is 0.754. The molecule has 0 aromatic heterocycles. The minimum Gasteiger partial charge on any atom is -0.394 e. The normalized spacial score (nSPS) is 51.7. The molecule has 2 fully saturated rings. The summed E-state index contributed by atoms with van der Waals surface area (Å²) in [5.41, 5.74) is 0. The Morgan fingerprint density at radius 2 is 1.04 bits per heavy atom. The van der Waals surface area contributed by atoms with Crippen molar-refractivity contribution in [2.45, 2.75) is 61.5 Å². The molecule has 0 spiro atoms. The second kappa shape index (κ2) is 7.59. The van der Waals surface area contributed by atoms with Crippen LogP contribution in [0.5, 0.6) is 0 Å². The fourth-order valence-corrected chi connectivity index (χ4v) is 2.44. The first-order chi connectivity index (χ1) is 10.8. The van der Waals surface area contributed by atoms with Crippen LogP contribution in [0.1, 0.15) is 0 Å². The average molecular weight is 346 g/mol. The van der Waals surface area contributed by atoms with Crippen LogP contribution in [0.4, 0.5) is 8.78 Å². The molecule has 0 radical (unpaired) electrons. The van der Waals surface area contributed by atoms with E-state index in [0.717, 1.165) is 0 Å². The smallest absolute Gasteiger partial charge is 0.195 e. The maximum atomic E-state index is 14.0. The summed E-state index contributed by atoms with van der Waals surface area (Å²) in [7, 11) is 0. The molecule has 0 unspecified atom stereocenters. The van der Waals surface area contributed by atoms with Gasteiger partial charge in [-0.05, 0) is 0 Å². The number of hydrogen-bond donors (Lipinski definition) is 6. The van der Waals surface area contributed by atoms with Gasteiger partial charge in [-0.1, -0.05) is 0 Å². The van der Waals surface area contributed by atoms with Gasteiger partial charge < -0.3 is 44.8 Å². The van der Waals surface area contributed by atoms with Gasteiger partial charge in [-0.3, -0.25) is 0 Å². The molecule has 10 atom stereocenters. The van der Waals surface area contributed by atoms with Crippen molar-refractivity contribution in [3.8, 4) is 0 Å². The van der Waals surface area contributed by atoms with Crippen molar-refractivity contribution in [2.75, 3.05) is 13.2 Å². The Morgan fingerprint density at radius 3 is 1.35 bits per heavy atom. The Morgan fingerprint density at radius 1 is 0.696 bits per heavy atom. The SMILES string of the molecule is OC[C@H]1O[C@@H](O[C@H]2O[C@H](CO)[C@@H](O)[C@H](O)[C@@H]2F)[C@@H](F)[C@@H](O)[C@@H]1O. The van der Waals surface area contributed by atoms with E-state index >= 15 is 0 Å². The Hall–Kier alpha value is -0.500. The fraction of sp³-hybridized carbons (Fsp3) is 1.00. The minimum atomic E-state index is -2.28. The van der Waals surface area contributed by atoms with Gasteiger partial charge in [0.1, 0.15) is 36.6 Å². The standard InChI is InChI=1S/C12H20F2O9/c13-5-9(19)7(17)3(1-15)21-11(5)23-12-6(14)10(20)8(18)4(2-16)22-12/h3-12,15-20H,1-2H2/t3-,4-,5+,6+,7-,8-,9-,10-,11-,12+/m1/s1. The molecule has 0 saturated carbocycles. The number of aliphatic hydroxyl groups excluding tert-OH is 6. The lowest BCUT2D eigenvalue weighted by Gasteiger charge is -2.43. The first-order valence-electron chi connectivity index (χ1n) is 7.00. The summed E-state index contributed by atoms with van der Waals surface area (Å²) in [6, 6.07) is 0. The summed E-state index contributed by atoms with van der Waals surface area (Å²) in [6.07, 6.45) is -18.4. The van der Waals surface area contributed by atoms with Gasteiger partial charge in [-0.2, -0.15) is 0 Å². The summed E-state index contributed by atoms with van der Waals surface area (Å²) in [5, 5.41) is 56.1. The Kier molecular flexibility index (Phi) is 6.22. The first-order valence-corrected chi connectivity index (χ1v) is 7.00. The van der Waals surface area contributed by atoms with Crippen molar-refractivity contribution in [1.29, 1.82) is 0 Å². The summed E-state index contributed by atoms with van der Waals surface area (Å²) in [6.45, 7) is -1.51. The molecule has 2 aliphatic heterocycles. The number of alkyl halides is 2. The van der Waals surface area contributed by atoms with Crippen LogP contribution in [-0.4, -0.2) is 105 Å². The topological polar surface area (TPSA) is 149 Å². The highest BCUT2D eigenvalue weighted by atomic mass is 19.1. The second-order valence-corrected chi connectivity index (χ2v) is 5.44. The van der Waals surface area contributed by atoms with Crippen molar-refractivity contribution >= 4 is 0 Å². The van der Waals surface area contributed by atoms with Gasteiger partial charge in [-0.15, -0.1) is 0 Å². The third-order valence-corrected chi connectivity index (χ3v) is 3.88. The Bertz CT molecular complexity index is 352. The summed E-state index contributed by atoms with van der Waals surface area (Å²) in [5.74, 6) is 0. The van der Waals surface area contributed by atoms with Crippen LogP contribution >= 0.6 is 0 Å². The molecule has 136 valence electrons. The van der Waals surface area contributed by atoms with Gasteiger partial charge in [0.05, 0.1) is 13.2 Å². The van der Waals surface area contributed by atoms with E-state index in [1.807, 2.05) is 0 Å². The van der Waals surface area contributed by atoms with Crippen molar-refractivity contribution in [3.05, 3.63) is 0 Å². The lowest BCUT2D eigenvalue weighted by atomic mass is 9.99. The number of halogens is 2. The van der Waals surface area contributed by atoms with Gasteiger partial charge in [0.15, 0.2) is 24.9 Å². The second-order valence-electron chi connectivity index (χ2n) is 5.44. The van der Waals surface area contributed by atoms with Gasteiger partial charge in [0, 0.05) is 0 Å². The lowest BCUT2D eigenvalue weighted by molar-refractivity contribution is -0.363. The molecule has 0 aromatic carbocycles. The molecule has 23 heavy (non-hydrogen) atoms. The predicted molar refractivity (Wildman–Crippen MR) is 66.4 cm³/mol. The van der Waals surface area contributed by atoms with Crippen molar-refractivity contribution in [2.24, 2.45) is 0 Å². The average Bonchev–Trinajstić information content (AvgIpc) is 2.55. The van der Waals surface area contributed by atoms with E-state index in [-0.39, 0.29) is 0 Å². The number of hydrogen-bond acceptors (Lipinski definition) is 9. The monoisotopic (exact) mass is 346 g/mol. The lowest BCUT2D eigenvalue weighted by Crippen LogP contribution is -2.62. The molecular formula is C12H20F2O9. The molecule has 0 aromatic rings. The number of aliphatic hydroxyl groups is 6. The quantitative estimate of drug-likeness (QED) is 0.306. The fourth-order valence-electron chi connectivity index (χ4n) is 2.44. The Balaban J connectivity index is 2.07. The van der Waals surface area contributed by atoms with Crippen molar-refractivity contribution in [3.63, 3.8) is 0 Å². The summed E-state index contributed by atoms with van der Waals surface area (Å²) in [4.78, 5) is 0. The van der Waals surface area contributed by atoms with Gasteiger partial charge >= 0.3 is 0 Å². The predicted octanol–water partition coefficient (Wildman–Crippen LogP) is -3.44. The molecule has 0 aliphatic carbocycles. The van der Waals surface area contributed by atoms with Crippen molar-refractivity contribution < 1.29 is 53.6 Å². The molecule has 0 amide bonds. The molecule has 0 bridgehead atoms. The van der Waals surface area contributed by atoms with E-state index < -0.39 is 74.8 Å². The van der Waals surface area contributed by atoms with Crippen LogP contribution in [0.2, 0.25) is 0 Å². The van der Waals surface area contributed by atoms with Crippen LogP contribution in [-0.2, 0) is 14.2 Å². The molecule has 2 aliphatic rings. The highest BCUT2D eigenvalue weighted by Crippen LogP contribution is 2.30. The van der Waals surface area contributed by atoms with Crippen LogP contribution in [0, 0.1) is 0 Å². The van der Waals surface area contributed by atoms with Crippen LogP contribution < -0.4 is 0 Å². The largest absolute Gasteiger partial charge is 0.394 e. The van der Waals surface area contributed by atoms with Crippen LogP contribution in [0.25, 0.3) is 0 Å². The number of ether oxygens (including phenoxy) is 3. The molecule has 2 rings (SSSR count).